The predicted molar refractivity (Wildman–Crippen MR) is 83.6 cm³/mol. The molecule has 1 aromatic carbocycles. The van der Waals surface area contributed by atoms with Crippen LogP contribution in [0.3, 0.4) is 0 Å². The van der Waals surface area contributed by atoms with E-state index in [4.69, 9.17) is 4.74 Å². The number of rotatable bonds is 8. The smallest absolute Gasteiger partial charge is 0.323 e. The number of carbonyl (C=O) groups excluding carboxylic acids is 1. The molecule has 21 heavy (non-hydrogen) atoms. The molecule has 0 N–H and O–H groups in total. The number of hydrogen-bond donors (Lipinski definition) is 0. The summed E-state index contributed by atoms with van der Waals surface area (Å²) in [5.74, 6) is -0.918. The average molecular weight is 287 g/mol. The Kier molecular flexibility index (Phi) is 7.53. The molecule has 0 saturated heterocycles. The van der Waals surface area contributed by atoms with Crippen LogP contribution < -0.4 is 0 Å². The third-order valence-corrected chi connectivity index (χ3v) is 3.97. The van der Waals surface area contributed by atoms with Crippen LogP contribution in [0.25, 0.3) is 0 Å². The summed E-state index contributed by atoms with van der Waals surface area (Å²) in [6.07, 6.45) is 2.93. The fourth-order valence-electron chi connectivity index (χ4n) is 2.70. The van der Waals surface area contributed by atoms with E-state index in [9.17, 15) is 10.1 Å². The van der Waals surface area contributed by atoms with E-state index in [0.29, 0.717) is 6.61 Å². The van der Waals surface area contributed by atoms with Gasteiger partial charge in [0.25, 0.3) is 0 Å². The number of hydrogen-bond acceptors (Lipinski definition) is 3. The van der Waals surface area contributed by atoms with Crippen molar-refractivity contribution >= 4 is 5.97 Å². The molecule has 0 spiro atoms. The number of nitriles is 1. The van der Waals surface area contributed by atoms with Gasteiger partial charge >= 0.3 is 5.97 Å². The summed E-state index contributed by atoms with van der Waals surface area (Å²) < 4.78 is 5.08. The molecule has 3 heteroatoms. The number of ether oxygens (including phenoxy) is 1. The van der Waals surface area contributed by atoms with E-state index < -0.39 is 5.92 Å². The summed E-state index contributed by atoms with van der Waals surface area (Å²) in [5.41, 5.74) is 1.17. The number of unbranched alkanes of at least 4 members (excludes halogenated alkanes) is 1. The maximum Gasteiger partial charge on any atom is 0.323 e. The highest BCUT2D eigenvalue weighted by Crippen LogP contribution is 2.34. The van der Waals surface area contributed by atoms with Gasteiger partial charge in [-0.3, -0.25) is 4.79 Å². The molecule has 0 aliphatic carbocycles. The van der Waals surface area contributed by atoms with Crippen LogP contribution in [0.1, 0.15) is 51.5 Å². The maximum absolute atomic E-state index is 12.1. The molecule has 3 atom stereocenters. The highest BCUT2D eigenvalue weighted by Gasteiger charge is 2.33. The summed E-state index contributed by atoms with van der Waals surface area (Å²) in [7, 11) is 0. The average Bonchev–Trinajstić information content (AvgIpc) is 2.51. The van der Waals surface area contributed by atoms with Crippen molar-refractivity contribution in [3.05, 3.63) is 35.9 Å². The number of benzene rings is 1. The minimum atomic E-state index is -0.688. The molecule has 1 aromatic rings. The van der Waals surface area contributed by atoms with Crippen LogP contribution in [0.5, 0.6) is 0 Å². The SMILES string of the molecule is CCCC[C@H](C(C#N)C(=O)OCC)[C@H](C)c1ccccc1. The molecule has 0 amide bonds. The lowest BCUT2D eigenvalue weighted by molar-refractivity contribution is -0.148. The Morgan fingerprint density at radius 2 is 1.95 bits per heavy atom. The number of esters is 1. The van der Waals surface area contributed by atoms with Crippen molar-refractivity contribution in [1.82, 2.24) is 0 Å². The van der Waals surface area contributed by atoms with Crippen molar-refractivity contribution in [2.45, 2.75) is 46.0 Å². The normalized spacial score (nSPS) is 14.8. The first-order chi connectivity index (χ1) is 10.2. The van der Waals surface area contributed by atoms with Crippen LogP contribution in [-0.4, -0.2) is 12.6 Å². The number of nitrogens with zero attached hydrogens (tertiary/aromatic N) is 1. The fraction of sp³-hybridized carbons (Fsp3) is 0.556. The quantitative estimate of drug-likeness (QED) is 0.670. The Labute approximate surface area is 127 Å². The molecular formula is C18H25NO2. The zero-order valence-electron chi connectivity index (χ0n) is 13.2. The minimum absolute atomic E-state index is 0.00333. The largest absolute Gasteiger partial charge is 0.465 e. The molecule has 3 nitrogen and oxygen atoms in total. The second-order valence-corrected chi connectivity index (χ2v) is 5.36. The van der Waals surface area contributed by atoms with E-state index in [-0.39, 0.29) is 17.8 Å². The summed E-state index contributed by atoms with van der Waals surface area (Å²) in [5, 5.41) is 9.44. The molecule has 0 heterocycles. The molecule has 1 unspecified atom stereocenters. The molecule has 0 aliphatic rings. The van der Waals surface area contributed by atoms with Crippen molar-refractivity contribution in [3.63, 3.8) is 0 Å². The van der Waals surface area contributed by atoms with Gasteiger partial charge in [-0.1, -0.05) is 57.0 Å². The highest BCUT2D eigenvalue weighted by molar-refractivity contribution is 5.75. The molecule has 0 radical (unpaired) electrons. The summed E-state index contributed by atoms with van der Waals surface area (Å²) in [6.45, 7) is 6.31. The lowest BCUT2D eigenvalue weighted by atomic mass is 9.76. The monoisotopic (exact) mass is 287 g/mol. The van der Waals surface area contributed by atoms with E-state index in [1.54, 1.807) is 6.92 Å². The Balaban J connectivity index is 2.98. The van der Waals surface area contributed by atoms with Gasteiger partial charge in [0.05, 0.1) is 12.7 Å². The lowest BCUT2D eigenvalue weighted by Gasteiger charge is -2.27. The van der Waals surface area contributed by atoms with Gasteiger partial charge in [0, 0.05) is 0 Å². The van der Waals surface area contributed by atoms with Crippen LogP contribution in [0.15, 0.2) is 30.3 Å². The highest BCUT2D eigenvalue weighted by atomic mass is 16.5. The van der Waals surface area contributed by atoms with Crippen molar-refractivity contribution in [3.8, 4) is 6.07 Å². The van der Waals surface area contributed by atoms with E-state index in [1.807, 2.05) is 18.2 Å². The fourth-order valence-corrected chi connectivity index (χ4v) is 2.70. The lowest BCUT2D eigenvalue weighted by Crippen LogP contribution is -2.28. The van der Waals surface area contributed by atoms with Gasteiger partial charge in [-0.25, -0.2) is 0 Å². The third kappa shape index (κ3) is 4.90. The zero-order valence-corrected chi connectivity index (χ0v) is 13.2. The Hall–Kier alpha value is -1.82. The Bertz CT molecular complexity index is 464. The van der Waals surface area contributed by atoms with Crippen molar-refractivity contribution in [2.24, 2.45) is 11.8 Å². The van der Waals surface area contributed by atoms with Crippen LogP contribution in [0.4, 0.5) is 0 Å². The molecule has 0 aliphatic heterocycles. The van der Waals surface area contributed by atoms with E-state index in [1.165, 1.54) is 5.56 Å². The maximum atomic E-state index is 12.1. The second-order valence-electron chi connectivity index (χ2n) is 5.36. The summed E-state index contributed by atoms with van der Waals surface area (Å²) >= 11 is 0. The van der Waals surface area contributed by atoms with Crippen LogP contribution in [-0.2, 0) is 9.53 Å². The Morgan fingerprint density at radius 3 is 2.48 bits per heavy atom. The predicted octanol–water partition coefficient (Wildman–Crippen LogP) is 4.30. The van der Waals surface area contributed by atoms with Gasteiger partial charge in [0.2, 0.25) is 0 Å². The van der Waals surface area contributed by atoms with Crippen LogP contribution in [0, 0.1) is 23.2 Å². The summed E-state index contributed by atoms with van der Waals surface area (Å²) in [4.78, 5) is 12.1. The molecule has 114 valence electrons. The van der Waals surface area contributed by atoms with Crippen LogP contribution in [0.2, 0.25) is 0 Å². The van der Waals surface area contributed by atoms with Gasteiger partial charge in [0.15, 0.2) is 0 Å². The molecule has 0 aromatic heterocycles. The number of carbonyl (C=O) groups is 1. The first-order valence-electron chi connectivity index (χ1n) is 7.76. The van der Waals surface area contributed by atoms with Gasteiger partial charge in [-0.05, 0) is 30.7 Å². The van der Waals surface area contributed by atoms with Gasteiger partial charge in [0.1, 0.15) is 5.92 Å². The first-order valence-corrected chi connectivity index (χ1v) is 7.76. The molecule has 1 rings (SSSR count). The van der Waals surface area contributed by atoms with Gasteiger partial charge < -0.3 is 4.74 Å². The third-order valence-electron chi connectivity index (χ3n) is 3.97. The minimum Gasteiger partial charge on any atom is -0.465 e. The van der Waals surface area contributed by atoms with Gasteiger partial charge in [-0.15, -0.1) is 0 Å². The van der Waals surface area contributed by atoms with Crippen LogP contribution >= 0.6 is 0 Å². The van der Waals surface area contributed by atoms with Crippen molar-refractivity contribution in [1.29, 1.82) is 5.26 Å². The van der Waals surface area contributed by atoms with E-state index >= 15 is 0 Å². The topological polar surface area (TPSA) is 50.1 Å². The molecule has 0 saturated carbocycles. The zero-order chi connectivity index (χ0) is 15.7. The summed E-state index contributed by atoms with van der Waals surface area (Å²) in [6, 6.07) is 12.3. The first kappa shape index (κ1) is 17.2. The second kappa shape index (κ2) is 9.18. The Morgan fingerprint density at radius 1 is 1.29 bits per heavy atom. The van der Waals surface area contributed by atoms with E-state index in [0.717, 1.165) is 19.3 Å². The van der Waals surface area contributed by atoms with E-state index in [2.05, 4.69) is 32.0 Å². The standard InChI is InChI=1S/C18H25NO2/c1-4-6-12-16(17(13-19)18(20)21-5-2)14(3)15-10-8-7-9-11-15/h7-11,14,16-17H,4-6,12H2,1-3H3/t14-,16+,17?/m1/s1. The van der Waals surface area contributed by atoms with Crippen molar-refractivity contribution in [2.75, 3.05) is 6.61 Å². The molecule has 0 fully saturated rings. The molecule has 0 bridgehead atoms. The molecular weight excluding hydrogens is 262 g/mol. The van der Waals surface area contributed by atoms with Gasteiger partial charge in [-0.2, -0.15) is 5.26 Å². The van der Waals surface area contributed by atoms with Crippen molar-refractivity contribution < 1.29 is 9.53 Å².